The Morgan fingerprint density at radius 2 is 1.73 bits per heavy atom. The van der Waals surface area contributed by atoms with E-state index >= 15 is 0 Å². The number of carbonyl (C=O) groups excluding carboxylic acids is 1. The van der Waals surface area contributed by atoms with Gasteiger partial charge in [0.2, 0.25) is 5.60 Å². The van der Waals surface area contributed by atoms with E-state index in [9.17, 15) is 18.7 Å². The first-order chi connectivity index (χ1) is 13.9. The Balaban J connectivity index is 1.71. The number of benzene rings is 1. The molecule has 30 heavy (non-hydrogen) atoms. The number of hydrogen-bond acceptors (Lipinski definition) is 6. The second-order valence-electron chi connectivity index (χ2n) is 8.86. The molecular weight excluding hydrogens is 397 g/mol. The highest BCUT2D eigenvalue weighted by Gasteiger charge is 2.53. The molecule has 0 spiro atoms. The van der Waals surface area contributed by atoms with Crippen molar-refractivity contribution in [2.75, 3.05) is 13.6 Å². The number of amides is 1. The maximum atomic E-state index is 14.6. The van der Waals surface area contributed by atoms with Gasteiger partial charge in [-0.25, -0.2) is 8.78 Å². The van der Waals surface area contributed by atoms with E-state index in [2.05, 4.69) is 5.16 Å². The normalized spacial score (nSPS) is 25.4. The maximum Gasteiger partial charge on any atom is 0.497 e. The molecule has 0 bridgehead atoms. The molecule has 2 saturated heterocycles. The Morgan fingerprint density at radius 3 is 2.30 bits per heavy atom. The van der Waals surface area contributed by atoms with E-state index in [1.165, 1.54) is 17.0 Å². The lowest BCUT2D eigenvalue weighted by Gasteiger charge is -2.32. The lowest BCUT2D eigenvalue weighted by atomic mass is 9.77. The summed E-state index contributed by atoms with van der Waals surface area (Å²) in [6, 6.07) is 3.27. The Kier molecular flexibility index (Phi) is 4.61. The van der Waals surface area contributed by atoms with Gasteiger partial charge in [0.1, 0.15) is 17.3 Å². The molecule has 1 N–H and O–H groups in total. The number of likely N-dealkylation sites (N-methyl/N-ethyl adjacent to an activating group) is 1. The average Bonchev–Trinajstić information content (AvgIpc) is 3.28. The lowest BCUT2D eigenvalue weighted by Crippen LogP contribution is -2.41. The minimum absolute atomic E-state index is 0.0185. The quantitative estimate of drug-likeness (QED) is 0.765. The Labute approximate surface area is 173 Å². The number of carbonyl (C=O) groups is 1. The first-order valence-corrected chi connectivity index (χ1v) is 9.66. The van der Waals surface area contributed by atoms with Gasteiger partial charge in [-0.2, -0.15) is 0 Å². The van der Waals surface area contributed by atoms with Gasteiger partial charge in [-0.15, -0.1) is 0 Å². The van der Waals surface area contributed by atoms with E-state index in [1.54, 1.807) is 7.05 Å². The summed E-state index contributed by atoms with van der Waals surface area (Å²) in [6.07, 6.45) is 0.127. The van der Waals surface area contributed by atoms with Crippen LogP contribution < -0.4 is 5.46 Å². The highest BCUT2D eigenvalue weighted by Crippen LogP contribution is 2.38. The van der Waals surface area contributed by atoms with E-state index in [0.717, 1.165) is 6.07 Å². The van der Waals surface area contributed by atoms with E-state index in [-0.39, 0.29) is 28.9 Å². The van der Waals surface area contributed by atoms with Crippen LogP contribution in [0, 0.1) is 11.6 Å². The molecule has 2 fully saturated rings. The fourth-order valence-electron chi connectivity index (χ4n) is 3.59. The zero-order valence-corrected chi connectivity index (χ0v) is 17.5. The lowest BCUT2D eigenvalue weighted by molar-refractivity contribution is -0.144. The molecular formula is C20H23BF2N2O5. The van der Waals surface area contributed by atoms with Crippen LogP contribution in [0.4, 0.5) is 8.78 Å². The molecule has 7 nitrogen and oxygen atoms in total. The van der Waals surface area contributed by atoms with Gasteiger partial charge < -0.3 is 23.8 Å². The minimum atomic E-state index is -1.86. The van der Waals surface area contributed by atoms with Crippen molar-refractivity contribution in [2.24, 2.45) is 0 Å². The number of rotatable bonds is 3. The molecule has 1 amide bonds. The number of hydrogen-bond donors (Lipinski definition) is 1. The highest BCUT2D eigenvalue weighted by molar-refractivity contribution is 6.62. The zero-order chi connectivity index (χ0) is 22.1. The standard InChI is InChI=1S/C20H23BF2N2O5/c1-18(2)19(3,4)30-21(29-18)12-8-11(13(22)9-14(12)23)15-10-16(28-24-15)20(27)6-7-25(5)17(20)26/h8-10,27H,6-7H2,1-5H3/t20-/m1/s1. The molecule has 160 valence electrons. The summed E-state index contributed by atoms with van der Waals surface area (Å²) in [5.74, 6) is -2.30. The molecule has 4 rings (SSSR count). The predicted molar refractivity (Wildman–Crippen MR) is 104 cm³/mol. The van der Waals surface area contributed by atoms with Crippen molar-refractivity contribution in [2.45, 2.75) is 50.9 Å². The van der Waals surface area contributed by atoms with Crippen molar-refractivity contribution >= 4 is 18.5 Å². The first kappa shape index (κ1) is 21.0. The summed E-state index contributed by atoms with van der Waals surface area (Å²) in [4.78, 5) is 13.6. The fourth-order valence-corrected chi connectivity index (χ4v) is 3.59. The monoisotopic (exact) mass is 420 g/mol. The van der Waals surface area contributed by atoms with Gasteiger partial charge in [0.05, 0.1) is 11.2 Å². The smallest absolute Gasteiger partial charge is 0.399 e. The van der Waals surface area contributed by atoms with Gasteiger partial charge >= 0.3 is 7.12 Å². The molecule has 1 aromatic heterocycles. The third-order valence-electron chi connectivity index (χ3n) is 6.30. The molecule has 0 saturated carbocycles. The number of halogens is 2. The fraction of sp³-hybridized carbons (Fsp3) is 0.500. The van der Waals surface area contributed by atoms with E-state index in [0.29, 0.717) is 6.54 Å². The average molecular weight is 420 g/mol. The largest absolute Gasteiger partial charge is 0.497 e. The Morgan fingerprint density at radius 1 is 1.10 bits per heavy atom. The molecule has 0 unspecified atom stereocenters. The van der Waals surface area contributed by atoms with E-state index in [4.69, 9.17) is 13.8 Å². The molecule has 0 aliphatic carbocycles. The van der Waals surface area contributed by atoms with Crippen LogP contribution in [0.15, 0.2) is 22.7 Å². The summed E-state index contributed by atoms with van der Waals surface area (Å²) in [6.45, 7) is 7.67. The minimum Gasteiger partial charge on any atom is -0.399 e. The molecule has 1 aromatic carbocycles. The van der Waals surface area contributed by atoms with Crippen LogP contribution in [0.2, 0.25) is 0 Å². The molecule has 10 heteroatoms. The van der Waals surface area contributed by atoms with Crippen LogP contribution >= 0.6 is 0 Å². The maximum absolute atomic E-state index is 14.6. The third kappa shape index (κ3) is 3.05. The molecule has 2 aliphatic heterocycles. The molecule has 3 heterocycles. The predicted octanol–water partition coefficient (Wildman–Crippen LogP) is 1.97. The molecule has 2 aliphatic rings. The Bertz CT molecular complexity index is 1010. The van der Waals surface area contributed by atoms with Gasteiger partial charge in [-0.05, 0) is 33.8 Å². The molecule has 0 radical (unpaired) electrons. The van der Waals surface area contributed by atoms with Gasteiger partial charge in [0, 0.05) is 43.2 Å². The van der Waals surface area contributed by atoms with Crippen LogP contribution in [0.1, 0.15) is 39.9 Å². The SMILES string of the molecule is CN1CC[C@@](O)(c2cc(-c3cc(B4OC(C)(C)C(C)(C)O4)c(F)cc3F)no2)C1=O. The van der Waals surface area contributed by atoms with Gasteiger partial charge in [0.25, 0.3) is 5.91 Å². The number of aliphatic hydroxyl groups is 1. The van der Waals surface area contributed by atoms with E-state index < -0.39 is 41.5 Å². The number of aromatic nitrogens is 1. The van der Waals surface area contributed by atoms with E-state index in [1.807, 2.05) is 27.7 Å². The van der Waals surface area contributed by atoms with Crippen LogP contribution in [0.25, 0.3) is 11.3 Å². The van der Waals surface area contributed by atoms with Crippen molar-refractivity contribution < 1.29 is 32.5 Å². The molecule has 1 atom stereocenters. The van der Waals surface area contributed by atoms with Crippen LogP contribution in [0.5, 0.6) is 0 Å². The second-order valence-corrected chi connectivity index (χ2v) is 8.86. The zero-order valence-electron chi connectivity index (χ0n) is 17.5. The van der Waals surface area contributed by atoms with Crippen LogP contribution in [0.3, 0.4) is 0 Å². The van der Waals surface area contributed by atoms with Crippen molar-refractivity contribution in [3.8, 4) is 11.3 Å². The highest BCUT2D eigenvalue weighted by atomic mass is 19.1. The second kappa shape index (κ2) is 6.60. The topological polar surface area (TPSA) is 85.0 Å². The van der Waals surface area contributed by atoms with Crippen molar-refractivity contribution in [3.63, 3.8) is 0 Å². The third-order valence-corrected chi connectivity index (χ3v) is 6.30. The summed E-state index contributed by atoms with van der Waals surface area (Å²) in [5, 5.41) is 14.5. The Hall–Kier alpha value is -2.30. The van der Waals surface area contributed by atoms with Gasteiger partial charge in [-0.3, -0.25) is 4.79 Å². The first-order valence-electron chi connectivity index (χ1n) is 9.66. The molecule has 2 aromatic rings. The number of nitrogens with zero attached hydrogens (tertiary/aromatic N) is 2. The summed E-state index contributed by atoms with van der Waals surface area (Å²) in [5.41, 5.74) is -3.26. The summed E-state index contributed by atoms with van der Waals surface area (Å²) in [7, 11) is 0.531. The van der Waals surface area contributed by atoms with Crippen LogP contribution in [-0.2, 0) is 19.7 Å². The summed E-state index contributed by atoms with van der Waals surface area (Å²) >= 11 is 0. The van der Waals surface area contributed by atoms with Gasteiger partial charge in [-0.1, -0.05) is 5.16 Å². The van der Waals surface area contributed by atoms with Crippen LogP contribution in [-0.4, -0.2) is 53.0 Å². The van der Waals surface area contributed by atoms with Gasteiger partial charge in [0.15, 0.2) is 5.76 Å². The van der Waals surface area contributed by atoms with Crippen molar-refractivity contribution in [1.29, 1.82) is 0 Å². The van der Waals surface area contributed by atoms with Crippen molar-refractivity contribution in [3.05, 3.63) is 35.6 Å². The summed E-state index contributed by atoms with van der Waals surface area (Å²) < 4.78 is 46.1. The number of likely N-dealkylation sites (tertiary alicyclic amines) is 1. The van der Waals surface area contributed by atoms with Crippen molar-refractivity contribution in [1.82, 2.24) is 10.1 Å².